The largest absolute Gasteiger partial charge is 0.486 e. The highest BCUT2D eigenvalue weighted by Gasteiger charge is 2.32. The molecule has 1 N–H and O–H groups in total. The van der Waals surface area contributed by atoms with Crippen molar-refractivity contribution in [1.29, 1.82) is 0 Å². The predicted octanol–water partition coefficient (Wildman–Crippen LogP) is 1.34. The Morgan fingerprint density at radius 3 is 2.79 bits per heavy atom. The van der Waals surface area contributed by atoms with E-state index in [0.717, 1.165) is 50.2 Å². The zero-order valence-electron chi connectivity index (χ0n) is 13.6. The fraction of sp³-hybridized carbons (Fsp3) is 0.588. The number of amides is 1. The number of hydrogen-bond donors (Lipinski definition) is 1. The number of carbonyl (C=O) groups is 1. The van der Waals surface area contributed by atoms with Crippen molar-refractivity contribution in [1.82, 2.24) is 15.1 Å². The number of halogens is 1. The van der Waals surface area contributed by atoms with Gasteiger partial charge < -0.3 is 19.7 Å². The zero-order valence-corrected chi connectivity index (χ0v) is 15.2. The van der Waals surface area contributed by atoms with Gasteiger partial charge in [-0.3, -0.25) is 9.69 Å². The van der Waals surface area contributed by atoms with Crippen molar-refractivity contribution in [2.45, 2.75) is 12.5 Å². The average Bonchev–Trinajstić information content (AvgIpc) is 3.12. The summed E-state index contributed by atoms with van der Waals surface area (Å²) in [6, 6.07) is 4.13. The molecule has 0 radical (unpaired) electrons. The molecule has 0 aliphatic carbocycles. The van der Waals surface area contributed by atoms with E-state index in [-0.39, 0.29) is 5.91 Å². The summed E-state index contributed by atoms with van der Waals surface area (Å²) in [4.78, 5) is 17.4. The first-order chi connectivity index (χ1) is 11.7. The van der Waals surface area contributed by atoms with Gasteiger partial charge >= 0.3 is 0 Å². The number of nitrogens with zero attached hydrogens (tertiary/aromatic N) is 2. The van der Waals surface area contributed by atoms with E-state index in [1.807, 2.05) is 11.0 Å². The second-order valence-electron chi connectivity index (χ2n) is 6.46. The number of rotatable bonds is 2. The van der Waals surface area contributed by atoms with Crippen LogP contribution >= 0.6 is 15.9 Å². The smallest absolute Gasteiger partial charge is 0.254 e. The third-order valence-corrected chi connectivity index (χ3v) is 5.55. The molecule has 2 fully saturated rings. The van der Waals surface area contributed by atoms with Gasteiger partial charge in [-0.15, -0.1) is 0 Å². The standard InChI is InChI=1S/C17H22BrN3O3/c18-14-9-12(10-15-16(14)24-8-7-23-15)17(22)21-4-1-13(11-21)20-5-2-19-3-6-20/h9-10,13,19H,1-8,11H2. The molecule has 1 aromatic rings. The molecule has 0 saturated carbocycles. The molecule has 3 aliphatic heterocycles. The van der Waals surface area contributed by atoms with Crippen LogP contribution in [-0.2, 0) is 0 Å². The topological polar surface area (TPSA) is 54.0 Å². The monoisotopic (exact) mass is 395 g/mol. The maximum atomic E-state index is 12.9. The Morgan fingerprint density at radius 1 is 1.17 bits per heavy atom. The molecule has 0 bridgehead atoms. The minimum Gasteiger partial charge on any atom is -0.486 e. The average molecular weight is 396 g/mol. The second kappa shape index (κ2) is 6.90. The highest BCUT2D eigenvalue weighted by molar-refractivity contribution is 9.10. The Hall–Kier alpha value is -1.31. The first-order valence-electron chi connectivity index (χ1n) is 8.55. The molecule has 24 heavy (non-hydrogen) atoms. The maximum Gasteiger partial charge on any atom is 0.254 e. The molecule has 2 saturated heterocycles. The highest BCUT2D eigenvalue weighted by atomic mass is 79.9. The molecule has 0 spiro atoms. The van der Waals surface area contributed by atoms with E-state index in [2.05, 4.69) is 26.1 Å². The normalized spacial score (nSPS) is 24.2. The van der Waals surface area contributed by atoms with E-state index in [9.17, 15) is 4.79 Å². The van der Waals surface area contributed by atoms with Crippen LogP contribution in [0.5, 0.6) is 11.5 Å². The predicted molar refractivity (Wildman–Crippen MR) is 93.9 cm³/mol. The summed E-state index contributed by atoms with van der Waals surface area (Å²) < 4.78 is 12.0. The van der Waals surface area contributed by atoms with E-state index in [1.165, 1.54) is 0 Å². The molecule has 1 amide bonds. The number of nitrogens with one attached hydrogen (secondary N) is 1. The van der Waals surface area contributed by atoms with Gasteiger partial charge in [-0.05, 0) is 34.5 Å². The third kappa shape index (κ3) is 3.12. The van der Waals surface area contributed by atoms with Crippen LogP contribution in [0.2, 0.25) is 0 Å². The summed E-state index contributed by atoms with van der Waals surface area (Å²) in [6.45, 7) is 6.91. The first-order valence-corrected chi connectivity index (χ1v) is 9.35. The van der Waals surface area contributed by atoms with Crippen LogP contribution in [-0.4, -0.2) is 74.2 Å². The van der Waals surface area contributed by atoms with Crippen molar-refractivity contribution in [3.05, 3.63) is 22.2 Å². The Bertz CT molecular complexity index is 634. The van der Waals surface area contributed by atoms with Gasteiger partial charge in [0, 0.05) is 50.9 Å². The summed E-state index contributed by atoms with van der Waals surface area (Å²) in [5.74, 6) is 1.42. The van der Waals surface area contributed by atoms with Gasteiger partial charge in [-0.1, -0.05) is 0 Å². The summed E-state index contributed by atoms with van der Waals surface area (Å²) >= 11 is 3.49. The van der Waals surface area contributed by atoms with E-state index >= 15 is 0 Å². The molecule has 3 aliphatic rings. The van der Waals surface area contributed by atoms with Gasteiger partial charge in [-0.25, -0.2) is 0 Å². The molecular formula is C17H22BrN3O3. The number of fused-ring (bicyclic) bond motifs is 1. The van der Waals surface area contributed by atoms with Crippen LogP contribution in [0.1, 0.15) is 16.8 Å². The highest BCUT2D eigenvalue weighted by Crippen LogP contribution is 2.39. The van der Waals surface area contributed by atoms with Gasteiger partial charge in [0.1, 0.15) is 13.2 Å². The van der Waals surface area contributed by atoms with Gasteiger partial charge in [0.25, 0.3) is 5.91 Å². The number of piperazine rings is 1. The fourth-order valence-corrected chi connectivity index (χ4v) is 4.24. The quantitative estimate of drug-likeness (QED) is 0.818. The van der Waals surface area contributed by atoms with Gasteiger partial charge in [0.2, 0.25) is 0 Å². The molecule has 1 aromatic carbocycles. The lowest BCUT2D eigenvalue weighted by molar-refractivity contribution is 0.0772. The number of hydrogen-bond acceptors (Lipinski definition) is 5. The van der Waals surface area contributed by atoms with Crippen molar-refractivity contribution < 1.29 is 14.3 Å². The van der Waals surface area contributed by atoms with E-state index in [0.29, 0.717) is 36.3 Å². The van der Waals surface area contributed by atoms with Crippen LogP contribution in [0.3, 0.4) is 0 Å². The van der Waals surface area contributed by atoms with Gasteiger partial charge in [0.05, 0.1) is 4.47 Å². The van der Waals surface area contributed by atoms with Crippen molar-refractivity contribution in [2.75, 3.05) is 52.5 Å². The Labute approximate surface area is 150 Å². The lowest BCUT2D eigenvalue weighted by Crippen LogP contribution is -2.49. The summed E-state index contributed by atoms with van der Waals surface area (Å²) in [6.07, 6.45) is 1.05. The van der Waals surface area contributed by atoms with Crippen molar-refractivity contribution in [3.8, 4) is 11.5 Å². The summed E-state index contributed by atoms with van der Waals surface area (Å²) in [7, 11) is 0. The summed E-state index contributed by atoms with van der Waals surface area (Å²) in [5, 5.41) is 3.38. The number of ether oxygens (including phenoxy) is 2. The maximum absolute atomic E-state index is 12.9. The fourth-order valence-electron chi connectivity index (χ4n) is 3.69. The van der Waals surface area contributed by atoms with Crippen molar-refractivity contribution >= 4 is 21.8 Å². The lowest BCUT2D eigenvalue weighted by atomic mass is 10.1. The number of carbonyl (C=O) groups excluding carboxylic acids is 1. The summed E-state index contributed by atoms with van der Waals surface area (Å²) in [5.41, 5.74) is 0.659. The molecule has 1 atom stereocenters. The SMILES string of the molecule is O=C(c1cc(Br)c2c(c1)OCCO2)N1CCC(N2CCNCC2)C1. The molecule has 7 heteroatoms. The zero-order chi connectivity index (χ0) is 16.5. The van der Waals surface area contributed by atoms with E-state index < -0.39 is 0 Å². The van der Waals surface area contributed by atoms with Crippen LogP contribution in [0, 0.1) is 0 Å². The van der Waals surface area contributed by atoms with Crippen LogP contribution in [0.4, 0.5) is 0 Å². The van der Waals surface area contributed by atoms with Crippen molar-refractivity contribution in [3.63, 3.8) is 0 Å². The molecule has 3 heterocycles. The van der Waals surface area contributed by atoms with Crippen LogP contribution in [0.15, 0.2) is 16.6 Å². The Balaban J connectivity index is 1.47. The Kier molecular flexibility index (Phi) is 4.65. The lowest BCUT2D eigenvalue weighted by Gasteiger charge is -2.32. The Morgan fingerprint density at radius 2 is 1.96 bits per heavy atom. The van der Waals surface area contributed by atoms with E-state index in [4.69, 9.17) is 9.47 Å². The molecule has 4 rings (SSSR count). The van der Waals surface area contributed by atoms with Gasteiger partial charge in [-0.2, -0.15) is 0 Å². The first kappa shape index (κ1) is 16.2. The van der Waals surface area contributed by atoms with Crippen LogP contribution < -0.4 is 14.8 Å². The van der Waals surface area contributed by atoms with E-state index in [1.54, 1.807) is 6.07 Å². The van der Waals surface area contributed by atoms with Crippen molar-refractivity contribution in [2.24, 2.45) is 0 Å². The minimum absolute atomic E-state index is 0.0744. The molecule has 6 nitrogen and oxygen atoms in total. The number of benzene rings is 1. The number of likely N-dealkylation sites (tertiary alicyclic amines) is 1. The molecule has 0 aromatic heterocycles. The van der Waals surface area contributed by atoms with Crippen LogP contribution in [0.25, 0.3) is 0 Å². The minimum atomic E-state index is 0.0744. The molecule has 1 unspecified atom stereocenters. The van der Waals surface area contributed by atoms with Gasteiger partial charge in [0.15, 0.2) is 11.5 Å². The molecular weight excluding hydrogens is 374 g/mol. The third-order valence-electron chi connectivity index (χ3n) is 4.96. The molecule has 130 valence electrons. The second-order valence-corrected chi connectivity index (χ2v) is 7.32.